The normalized spacial score (nSPS) is 13.2. The minimum absolute atomic E-state index is 0.285. The monoisotopic (exact) mass is 187 g/mol. The molecule has 0 aliphatic heterocycles. The van der Waals surface area contributed by atoms with Crippen molar-refractivity contribution in [2.75, 3.05) is 13.1 Å². The second-order valence-corrected chi connectivity index (χ2v) is 3.38. The Kier molecular flexibility index (Phi) is 6.59. The number of hydrogen-bond acceptors (Lipinski definition) is 2. The lowest BCUT2D eigenvalue weighted by molar-refractivity contribution is -0.137. The molecule has 78 valence electrons. The van der Waals surface area contributed by atoms with E-state index >= 15 is 0 Å². The van der Waals surface area contributed by atoms with Crippen LogP contribution in [0.3, 0.4) is 0 Å². The molecule has 0 aromatic rings. The second kappa shape index (κ2) is 6.89. The van der Waals surface area contributed by atoms with Gasteiger partial charge >= 0.3 is 5.97 Å². The summed E-state index contributed by atoms with van der Waals surface area (Å²) in [6.07, 6.45) is 2.17. The van der Waals surface area contributed by atoms with Crippen LogP contribution in [0.15, 0.2) is 0 Å². The van der Waals surface area contributed by atoms with E-state index in [1.807, 2.05) is 0 Å². The zero-order chi connectivity index (χ0) is 10.3. The predicted octanol–water partition coefficient (Wildman–Crippen LogP) is 1.97. The summed E-state index contributed by atoms with van der Waals surface area (Å²) in [5.41, 5.74) is 0. The van der Waals surface area contributed by atoms with Crippen LogP contribution in [0.25, 0.3) is 0 Å². The Bertz CT molecular complexity index is 148. The standard InChI is InChI=1S/C10H21NO2/c1-4-9(3)11(5-2)8-6-7-10(12)13/h9H,4-8H2,1-3H3,(H,12,13). The molecule has 0 aliphatic carbocycles. The van der Waals surface area contributed by atoms with Crippen molar-refractivity contribution in [3.63, 3.8) is 0 Å². The lowest BCUT2D eigenvalue weighted by atomic mass is 10.2. The fourth-order valence-electron chi connectivity index (χ4n) is 1.38. The average Bonchev–Trinajstić information content (AvgIpc) is 2.11. The van der Waals surface area contributed by atoms with Crippen molar-refractivity contribution in [3.05, 3.63) is 0 Å². The van der Waals surface area contributed by atoms with Crippen molar-refractivity contribution < 1.29 is 9.90 Å². The minimum Gasteiger partial charge on any atom is -0.481 e. The van der Waals surface area contributed by atoms with Gasteiger partial charge in [0.25, 0.3) is 0 Å². The molecular formula is C10H21NO2. The van der Waals surface area contributed by atoms with Crippen molar-refractivity contribution >= 4 is 5.97 Å². The summed E-state index contributed by atoms with van der Waals surface area (Å²) >= 11 is 0. The summed E-state index contributed by atoms with van der Waals surface area (Å²) < 4.78 is 0. The maximum atomic E-state index is 10.3. The molecule has 0 aromatic heterocycles. The molecule has 1 atom stereocenters. The van der Waals surface area contributed by atoms with E-state index in [1.54, 1.807) is 0 Å². The van der Waals surface area contributed by atoms with E-state index in [2.05, 4.69) is 25.7 Å². The summed E-state index contributed by atoms with van der Waals surface area (Å²) in [5.74, 6) is -0.694. The van der Waals surface area contributed by atoms with Gasteiger partial charge in [-0.15, -0.1) is 0 Å². The van der Waals surface area contributed by atoms with Crippen LogP contribution in [0.2, 0.25) is 0 Å². The molecule has 0 radical (unpaired) electrons. The summed E-state index contributed by atoms with van der Waals surface area (Å²) in [5, 5.41) is 8.48. The van der Waals surface area contributed by atoms with Gasteiger partial charge in [-0.1, -0.05) is 13.8 Å². The van der Waals surface area contributed by atoms with Crippen LogP contribution in [0.1, 0.15) is 40.0 Å². The third-order valence-electron chi connectivity index (χ3n) is 2.46. The number of aliphatic carboxylic acids is 1. The highest BCUT2D eigenvalue weighted by atomic mass is 16.4. The zero-order valence-electron chi connectivity index (χ0n) is 8.92. The number of rotatable bonds is 7. The summed E-state index contributed by atoms with van der Waals surface area (Å²) in [4.78, 5) is 12.6. The summed E-state index contributed by atoms with van der Waals surface area (Å²) in [7, 11) is 0. The number of carboxylic acid groups (broad SMARTS) is 1. The van der Waals surface area contributed by atoms with E-state index in [0.29, 0.717) is 6.04 Å². The van der Waals surface area contributed by atoms with Crippen molar-refractivity contribution in [1.82, 2.24) is 4.90 Å². The Labute approximate surface area is 80.7 Å². The van der Waals surface area contributed by atoms with E-state index in [-0.39, 0.29) is 6.42 Å². The Morgan fingerprint density at radius 3 is 2.46 bits per heavy atom. The van der Waals surface area contributed by atoms with Gasteiger partial charge in [0, 0.05) is 12.5 Å². The van der Waals surface area contributed by atoms with Crippen LogP contribution in [-0.4, -0.2) is 35.1 Å². The largest absolute Gasteiger partial charge is 0.481 e. The highest BCUT2D eigenvalue weighted by Crippen LogP contribution is 2.04. The SMILES string of the molecule is CCC(C)N(CC)CCCC(=O)O. The van der Waals surface area contributed by atoms with Gasteiger partial charge in [-0.25, -0.2) is 0 Å². The second-order valence-electron chi connectivity index (χ2n) is 3.38. The van der Waals surface area contributed by atoms with Crippen LogP contribution in [0.5, 0.6) is 0 Å². The van der Waals surface area contributed by atoms with Crippen molar-refractivity contribution in [2.45, 2.75) is 46.1 Å². The highest BCUT2D eigenvalue weighted by molar-refractivity contribution is 5.66. The molecule has 0 fully saturated rings. The van der Waals surface area contributed by atoms with Gasteiger partial charge in [0.2, 0.25) is 0 Å². The Morgan fingerprint density at radius 2 is 2.08 bits per heavy atom. The zero-order valence-corrected chi connectivity index (χ0v) is 8.92. The first kappa shape index (κ1) is 12.4. The number of hydrogen-bond donors (Lipinski definition) is 1. The number of carboxylic acids is 1. The number of carbonyl (C=O) groups is 1. The van der Waals surface area contributed by atoms with Crippen molar-refractivity contribution in [3.8, 4) is 0 Å². The maximum absolute atomic E-state index is 10.3. The lowest BCUT2D eigenvalue weighted by Gasteiger charge is -2.26. The average molecular weight is 187 g/mol. The molecule has 0 saturated heterocycles. The van der Waals surface area contributed by atoms with Crippen LogP contribution < -0.4 is 0 Å². The molecule has 3 heteroatoms. The molecule has 0 amide bonds. The van der Waals surface area contributed by atoms with Gasteiger partial charge in [0.1, 0.15) is 0 Å². The molecular weight excluding hydrogens is 166 g/mol. The number of nitrogens with zero attached hydrogens (tertiary/aromatic N) is 1. The third kappa shape index (κ3) is 5.64. The predicted molar refractivity (Wildman–Crippen MR) is 53.9 cm³/mol. The highest BCUT2D eigenvalue weighted by Gasteiger charge is 2.09. The van der Waals surface area contributed by atoms with E-state index in [9.17, 15) is 4.79 Å². The van der Waals surface area contributed by atoms with Crippen LogP contribution >= 0.6 is 0 Å². The molecule has 1 N–H and O–H groups in total. The van der Waals surface area contributed by atoms with E-state index in [1.165, 1.54) is 0 Å². The van der Waals surface area contributed by atoms with Gasteiger partial charge < -0.3 is 10.0 Å². The Hall–Kier alpha value is -0.570. The van der Waals surface area contributed by atoms with Gasteiger partial charge in [-0.3, -0.25) is 4.79 Å². The molecule has 0 rings (SSSR count). The molecule has 0 spiro atoms. The quantitative estimate of drug-likeness (QED) is 0.662. The first-order chi connectivity index (χ1) is 6.11. The van der Waals surface area contributed by atoms with Crippen LogP contribution in [0.4, 0.5) is 0 Å². The molecule has 0 aliphatic rings. The van der Waals surface area contributed by atoms with Gasteiger partial charge in [-0.05, 0) is 32.9 Å². The molecule has 0 bridgehead atoms. The van der Waals surface area contributed by atoms with Crippen LogP contribution in [-0.2, 0) is 4.79 Å². The van der Waals surface area contributed by atoms with Crippen molar-refractivity contribution in [1.29, 1.82) is 0 Å². The van der Waals surface area contributed by atoms with Crippen LogP contribution in [0, 0.1) is 0 Å². The Morgan fingerprint density at radius 1 is 1.46 bits per heavy atom. The van der Waals surface area contributed by atoms with Gasteiger partial charge in [0.15, 0.2) is 0 Å². The van der Waals surface area contributed by atoms with E-state index in [0.717, 1.165) is 25.9 Å². The van der Waals surface area contributed by atoms with E-state index in [4.69, 9.17) is 5.11 Å². The Balaban J connectivity index is 3.65. The third-order valence-corrected chi connectivity index (χ3v) is 2.46. The molecule has 0 aromatic carbocycles. The molecule has 1 unspecified atom stereocenters. The topological polar surface area (TPSA) is 40.5 Å². The maximum Gasteiger partial charge on any atom is 0.303 e. The molecule has 13 heavy (non-hydrogen) atoms. The van der Waals surface area contributed by atoms with E-state index < -0.39 is 5.97 Å². The smallest absolute Gasteiger partial charge is 0.303 e. The molecule has 0 heterocycles. The fourth-order valence-corrected chi connectivity index (χ4v) is 1.38. The summed E-state index contributed by atoms with van der Waals surface area (Å²) in [6.45, 7) is 8.37. The first-order valence-corrected chi connectivity index (χ1v) is 5.07. The van der Waals surface area contributed by atoms with Gasteiger partial charge in [0.05, 0.1) is 0 Å². The molecule has 0 saturated carbocycles. The molecule has 3 nitrogen and oxygen atoms in total. The fraction of sp³-hybridized carbons (Fsp3) is 0.900. The summed E-state index contributed by atoms with van der Waals surface area (Å²) in [6, 6.07) is 0.568. The lowest BCUT2D eigenvalue weighted by Crippen LogP contribution is -2.33. The van der Waals surface area contributed by atoms with Crippen molar-refractivity contribution in [2.24, 2.45) is 0 Å². The minimum atomic E-state index is -0.694. The first-order valence-electron chi connectivity index (χ1n) is 5.07. The van der Waals surface area contributed by atoms with Gasteiger partial charge in [-0.2, -0.15) is 0 Å².